The monoisotopic (exact) mass is 617 g/mol. The summed E-state index contributed by atoms with van der Waals surface area (Å²) in [5.74, 6) is 0.557. The first kappa shape index (κ1) is 28.2. The highest BCUT2D eigenvalue weighted by molar-refractivity contribution is 6.32. The zero-order valence-electron chi connectivity index (χ0n) is 23.9. The van der Waals surface area contributed by atoms with E-state index in [1.165, 1.54) is 18.5 Å². The third kappa shape index (κ3) is 5.17. The van der Waals surface area contributed by atoms with E-state index in [0.717, 1.165) is 5.56 Å². The minimum Gasteiger partial charge on any atom is -0.487 e. The van der Waals surface area contributed by atoms with Crippen LogP contribution in [-0.2, 0) is 6.61 Å². The van der Waals surface area contributed by atoms with E-state index in [4.69, 9.17) is 31.6 Å². The van der Waals surface area contributed by atoms with Crippen molar-refractivity contribution in [2.24, 2.45) is 0 Å². The maximum absolute atomic E-state index is 14.4. The van der Waals surface area contributed by atoms with Gasteiger partial charge in [0.25, 0.3) is 0 Å². The van der Waals surface area contributed by atoms with Gasteiger partial charge >= 0.3 is 0 Å². The summed E-state index contributed by atoms with van der Waals surface area (Å²) in [6.07, 6.45) is 1.35. The van der Waals surface area contributed by atoms with Crippen molar-refractivity contribution in [3.63, 3.8) is 0 Å². The number of benzene rings is 4. The van der Waals surface area contributed by atoms with E-state index in [2.05, 4.69) is 9.97 Å². The molecule has 10 heteroatoms. The summed E-state index contributed by atoms with van der Waals surface area (Å²) in [6.45, 7) is 2.19. The van der Waals surface area contributed by atoms with Crippen molar-refractivity contribution < 1.29 is 13.5 Å². The molecule has 8 nitrogen and oxygen atoms in total. The molecule has 3 aromatic heterocycles. The summed E-state index contributed by atoms with van der Waals surface area (Å²) in [5, 5.41) is 6.21. The van der Waals surface area contributed by atoms with Gasteiger partial charge in [-0.3, -0.25) is 4.79 Å². The van der Waals surface area contributed by atoms with E-state index in [1.54, 1.807) is 53.2 Å². The van der Waals surface area contributed by atoms with Crippen LogP contribution in [0.15, 0.2) is 113 Å². The molecule has 0 saturated heterocycles. The number of fused-ring (bicyclic) bond motifs is 2. The number of nitrogens with two attached hydrogens (primary N) is 1. The van der Waals surface area contributed by atoms with Gasteiger partial charge in [0, 0.05) is 5.56 Å². The normalized spacial score (nSPS) is 12.1. The van der Waals surface area contributed by atoms with Crippen molar-refractivity contribution in [2.75, 3.05) is 5.73 Å². The van der Waals surface area contributed by atoms with Gasteiger partial charge in [-0.2, -0.15) is 5.10 Å². The predicted molar refractivity (Wildman–Crippen MR) is 173 cm³/mol. The summed E-state index contributed by atoms with van der Waals surface area (Å²) < 4.78 is 28.4. The van der Waals surface area contributed by atoms with Crippen LogP contribution >= 0.6 is 11.6 Å². The molecule has 0 amide bonds. The highest BCUT2D eigenvalue weighted by Crippen LogP contribution is 2.38. The Bertz CT molecular complexity index is 2270. The van der Waals surface area contributed by atoms with Crippen molar-refractivity contribution >= 4 is 39.4 Å². The fourth-order valence-electron chi connectivity index (χ4n) is 5.45. The molecule has 45 heavy (non-hydrogen) atoms. The second-order valence-electron chi connectivity index (χ2n) is 10.5. The van der Waals surface area contributed by atoms with Crippen LogP contribution in [0.1, 0.15) is 24.3 Å². The number of aromatic nitrogens is 4. The number of rotatable bonds is 7. The number of anilines is 1. The summed E-state index contributed by atoms with van der Waals surface area (Å²) in [4.78, 5) is 22.6. The lowest BCUT2D eigenvalue weighted by atomic mass is 9.99. The Kier molecular flexibility index (Phi) is 7.23. The standard InChI is InChI=1S/C35H25ClFN5O3/c1-20(33-29(22-10-7-11-24(37)16-22)32(43)25-12-5-6-13-27(25)45-33)42-35-30(34(38)39-19-40-35)31(41-42)23-14-15-28(26(36)17-23)44-18-21-8-3-2-4-9-21/h2-17,19-20H,18H2,1H3,(H2,38,39,40). The van der Waals surface area contributed by atoms with Gasteiger partial charge in [0.1, 0.15) is 53.4 Å². The average Bonchev–Trinajstić information content (AvgIpc) is 3.45. The molecule has 222 valence electrons. The molecule has 3 heterocycles. The Morgan fingerprint density at radius 1 is 0.956 bits per heavy atom. The van der Waals surface area contributed by atoms with Gasteiger partial charge in [-0.1, -0.05) is 66.2 Å². The Morgan fingerprint density at radius 2 is 1.76 bits per heavy atom. The van der Waals surface area contributed by atoms with Crippen molar-refractivity contribution in [3.05, 3.63) is 136 Å². The first-order valence-electron chi connectivity index (χ1n) is 14.2. The van der Waals surface area contributed by atoms with Gasteiger partial charge < -0.3 is 14.9 Å². The fourth-order valence-corrected chi connectivity index (χ4v) is 5.68. The van der Waals surface area contributed by atoms with Gasteiger partial charge in [-0.15, -0.1) is 0 Å². The second-order valence-corrected chi connectivity index (χ2v) is 10.9. The molecule has 0 fully saturated rings. The largest absolute Gasteiger partial charge is 0.487 e. The first-order valence-corrected chi connectivity index (χ1v) is 14.5. The number of hydrogen-bond acceptors (Lipinski definition) is 7. The fraction of sp³-hybridized carbons (Fsp3) is 0.0857. The van der Waals surface area contributed by atoms with Crippen molar-refractivity contribution in [3.8, 4) is 28.1 Å². The quantitative estimate of drug-likeness (QED) is 0.194. The molecule has 2 N–H and O–H groups in total. The predicted octanol–water partition coefficient (Wildman–Crippen LogP) is 7.83. The third-order valence-corrected chi connectivity index (χ3v) is 7.94. The van der Waals surface area contributed by atoms with Crippen LogP contribution in [0.25, 0.3) is 44.4 Å². The maximum atomic E-state index is 14.4. The molecule has 7 rings (SSSR count). The van der Waals surface area contributed by atoms with E-state index in [-0.39, 0.29) is 16.8 Å². The molecule has 4 aromatic carbocycles. The smallest absolute Gasteiger partial charge is 0.200 e. The minimum atomic E-state index is -0.671. The molecule has 0 saturated carbocycles. The van der Waals surface area contributed by atoms with E-state index in [0.29, 0.717) is 62.0 Å². The van der Waals surface area contributed by atoms with Crippen molar-refractivity contribution in [2.45, 2.75) is 19.6 Å². The number of ether oxygens (including phenoxy) is 1. The van der Waals surface area contributed by atoms with Crippen LogP contribution in [0.5, 0.6) is 5.75 Å². The first-order chi connectivity index (χ1) is 21.9. The van der Waals surface area contributed by atoms with E-state index in [1.807, 2.05) is 43.3 Å². The topological polar surface area (TPSA) is 109 Å². The lowest BCUT2D eigenvalue weighted by molar-refractivity contribution is 0.306. The molecule has 0 spiro atoms. The summed E-state index contributed by atoms with van der Waals surface area (Å²) in [6, 6.07) is 27.3. The van der Waals surface area contributed by atoms with Gasteiger partial charge in [-0.25, -0.2) is 19.0 Å². The Balaban J connectivity index is 1.36. The van der Waals surface area contributed by atoms with Crippen LogP contribution in [0.3, 0.4) is 0 Å². The number of nitrogens with zero attached hydrogens (tertiary/aromatic N) is 4. The molecule has 0 radical (unpaired) electrons. The zero-order valence-corrected chi connectivity index (χ0v) is 24.7. The molecule has 1 unspecified atom stereocenters. The van der Waals surface area contributed by atoms with Crippen LogP contribution in [0, 0.1) is 5.82 Å². The number of halogens is 2. The van der Waals surface area contributed by atoms with Crippen molar-refractivity contribution in [1.29, 1.82) is 0 Å². The summed E-state index contributed by atoms with van der Waals surface area (Å²) in [7, 11) is 0. The minimum absolute atomic E-state index is 0.222. The average molecular weight is 618 g/mol. The van der Waals surface area contributed by atoms with Crippen molar-refractivity contribution in [1.82, 2.24) is 19.7 Å². The lowest BCUT2D eigenvalue weighted by Crippen LogP contribution is -2.16. The van der Waals surface area contributed by atoms with Gasteiger partial charge in [0.15, 0.2) is 5.65 Å². The SMILES string of the molecule is CC(c1oc2ccccc2c(=O)c1-c1cccc(F)c1)n1nc(-c2ccc(OCc3ccccc3)c(Cl)c2)c2c(N)ncnc21. The van der Waals surface area contributed by atoms with Crippen LogP contribution in [-0.4, -0.2) is 19.7 Å². The van der Waals surface area contributed by atoms with E-state index < -0.39 is 11.9 Å². The molecular formula is C35H25ClFN5O3. The Morgan fingerprint density at radius 3 is 2.56 bits per heavy atom. The molecule has 1 atom stereocenters. The zero-order chi connectivity index (χ0) is 31.1. The summed E-state index contributed by atoms with van der Waals surface area (Å²) in [5.41, 5.74) is 9.70. The molecule has 0 aliphatic carbocycles. The highest BCUT2D eigenvalue weighted by atomic mass is 35.5. The number of hydrogen-bond donors (Lipinski definition) is 1. The molecule has 0 aliphatic heterocycles. The Hall–Kier alpha value is -5.54. The maximum Gasteiger partial charge on any atom is 0.200 e. The third-order valence-electron chi connectivity index (χ3n) is 7.65. The highest BCUT2D eigenvalue weighted by Gasteiger charge is 2.27. The van der Waals surface area contributed by atoms with Gasteiger partial charge in [0.05, 0.1) is 21.4 Å². The number of para-hydroxylation sites is 1. The Labute approximate surface area is 261 Å². The van der Waals surface area contributed by atoms with E-state index >= 15 is 0 Å². The van der Waals surface area contributed by atoms with Crippen LogP contribution in [0.4, 0.5) is 10.2 Å². The van der Waals surface area contributed by atoms with Crippen LogP contribution in [0.2, 0.25) is 5.02 Å². The molecule has 7 aromatic rings. The summed E-state index contributed by atoms with van der Waals surface area (Å²) >= 11 is 6.67. The molecule has 0 bridgehead atoms. The van der Waals surface area contributed by atoms with Gasteiger partial charge in [0.2, 0.25) is 5.43 Å². The van der Waals surface area contributed by atoms with E-state index in [9.17, 15) is 9.18 Å². The lowest BCUT2D eigenvalue weighted by Gasteiger charge is -2.17. The molecular weight excluding hydrogens is 593 g/mol. The number of nitrogen functional groups attached to an aromatic ring is 1. The molecule has 0 aliphatic rings. The van der Waals surface area contributed by atoms with Crippen LogP contribution < -0.4 is 15.9 Å². The van der Waals surface area contributed by atoms with Gasteiger partial charge in [-0.05, 0) is 60.5 Å². The second kappa shape index (κ2) is 11.5.